The van der Waals surface area contributed by atoms with E-state index in [1.807, 2.05) is 0 Å². The second-order valence-electron chi connectivity index (χ2n) is 9.43. The number of halogens is 5. The van der Waals surface area contributed by atoms with Crippen LogP contribution in [0.5, 0.6) is 11.5 Å². The lowest BCUT2D eigenvalue weighted by Crippen LogP contribution is -2.39. The lowest BCUT2D eigenvalue weighted by Gasteiger charge is -2.29. The van der Waals surface area contributed by atoms with Gasteiger partial charge in [0.15, 0.2) is 17.3 Å². The number of carbonyl (C=O) groups is 1. The number of methoxy groups -OCH3 is 1. The molecule has 5 rings (SSSR count). The Labute approximate surface area is 217 Å². The van der Waals surface area contributed by atoms with Crippen LogP contribution in [-0.2, 0) is 16.9 Å². The predicted molar refractivity (Wildman–Crippen MR) is 130 cm³/mol. The Morgan fingerprint density at radius 1 is 0.868 bits per heavy atom. The van der Waals surface area contributed by atoms with E-state index in [1.54, 1.807) is 7.11 Å². The molecule has 2 aliphatic rings. The minimum Gasteiger partial charge on any atom is -0.444 e. The van der Waals surface area contributed by atoms with Crippen molar-refractivity contribution < 1.29 is 41.0 Å². The topological polar surface area (TPSA) is 44.8 Å². The van der Waals surface area contributed by atoms with Crippen molar-refractivity contribution in [2.24, 2.45) is 5.92 Å². The lowest BCUT2D eigenvalue weighted by atomic mass is 9.96. The van der Waals surface area contributed by atoms with Gasteiger partial charge < -0.3 is 14.2 Å². The Hall–Kier alpha value is -3.46. The molecule has 0 bridgehead atoms. The van der Waals surface area contributed by atoms with Crippen LogP contribution in [0.2, 0.25) is 0 Å². The molecular formula is C29H27F5O4. The van der Waals surface area contributed by atoms with Crippen LogP contribution in [0.25, 0.3) is 0 Å². The Morgan fingerprint density at radius 2 is 1.47 bits per heavy atom. The molecule has 0 spiro atoms. The summed E-state index contributed by atoms with van der Waals surface area (Å²) in [7, 11) is 1.79. The van der Waals surface area contributed by atoms with E-state index in [1.165, 1.54) is 25.7 Å². The van der Waals surface area contributed by atoms with Crippen LogP contribution in [0, 0.1) is 35.0 Å². The van der Waals surface area contributed by atoms with E-state index in [2.05, 4.69) is 0 Å². The zero-order valence-electron chi connectivity index (χ0n) is 21.0. The highest BCUT2D eigenvalue weighted by atomic mass is 19.1. The van der Waals surface area contributed by atoms with Crippen molar-refractivity contribution in [3.63, 3.8) is 0 Å². The first-order chi connectivity index (χ1) is 18.1. The van der Waals surface area contributed by atoms with Crippen LogP contribution in [0.4, 0.5) is 22.0 Å². The smallest absolute Gasteiger partial charge is 0.285 e. The summed E-state index contributed by atoms with van der Waals surface area (Å²) < 4.78 is 86.4. The molecule has 3 aromatic carbocycles. The zero-order valence-corrected chi connectivity index (χ0v) is 21.0. The summed E-state index contributed by atoms with van der Waals surface area (Å²) in [5.41, 5.74) is -0.644. The minimum absolute atomic E-state index is 0.0761. The average Bonchev–Trinajstić information content (AvgIpc) is 3.48. The molecular weight excluding hydrogens is 507 g/mol. The van der Waals surface area contributed by atoms with Crippen molar-refractivity contribution in [1.29, 1.82) is 0 Å². The maximum absolute atomic E-state index is 14.6. The van der Waals surface area contributed by atoms with Crippen LogP contribution in [0.1, 0.15) is 54.1 Å². The van der Waals surface area contributed by atoms with Gasteiger partial charge in [-0.3, -0.25) is 4.79 Å². The Balaban J connectivity index is 0.000000360. The SMILES string of the molecule is CC(=O)c1cc2c(cc1F)OC(Cc1ccc(F)cc1F)(c1ccc(F)cc1F)O2.COCC1CCCC1. The van der Waals surface area contributed by atoms with Crippen molar-refractivity contribution in [2.45, 2.75) is 44.8 Å². The summed E-state index contributed by atoms with van der Waals surface area (Å²) in [5, 5.41) is 0. The maximum Gasteiger partial charge on any atom is 0.285 e. The fraction of sp³-hybridized carbons (Fsp3) is 0.345. The van der Waals surface area contributed by atoms with Crippen LogP contribution < -0.4 is 9.47 Å². The van der Waals surface area contributed by atoms with Gasteiger partial charge in [-0.1, -0.05) is 18.9 Å². The molecule has 0 aromatic heterocycles. The van der Waals surface area contributed by atoms with Crippen molar-refractivity contribution in [2.75, 3.05) is 13.7 Å². The largest absolute Gasteiger partial charge is 0.444 e. The molecule has 1 aliphatic carbocycles. The van der Waals surface area contributed by atoms with Crippen LogP contribution >= 0.6 is 0 Å². The van der Waals surface area contributed by atoms with Crippen molar-refractivity contribution in [3.05, 3.63) is 94.3 Å². The molecule has 1 fully saturated rings. The molecule has 0 amide bonds. The van der Waals surface area contributed by atoms with Crippen molar-refractivity contribution in [3.8, 4) is 11.5 Å². The number of carbonyl (C=O) groups excluding carboxylic acids is 1. The second-order valence-corrected chi connectivity index (χ2v) is 9.43. The first-order valence-corrected chi connectivity index (χ1v) is 12.2. The van der Waals surface area contributed by atoms with Crippen molar-refractivity contribution in [1.82, 2.24) is 0 Å². The van der Waals surface area contributed by atoms with Gasteiger partial charge in [0.2, 0.25) is 0 Å². The normalized spacial score (nSPS) is 18.3. The molecule has 9 heteroatoms. The molecule has 0 N–H and O–H groups in total. The number of fused-ring (bicyclic) bond motifs is 1. The van der Waals surface area contributed by atoms with Gasteiger partial charge >= 0.3 is 0 Å². The van der Waals surface area contributed by atoms with Gasteiger partial charge in [0.05, 0.1) is 17.5 Å². The number of ketones is 1. The maximum atomic E-state index is 14.6. The highest BCUT2D eigenvalue weighted by molar-refractivity contribution is 5.95. The lowest BCUT2D eigenvalue weighted by molar-refractivity contribution is -0.0887. The molecule has 1 heterocycles. The predicted octanol–water partition coefficient (Wildman–Crippen LogP) is 7.27. The molecule has 1 unspecified atom stereocenters. The number of benzene rings is 3. The second kappa shape index (κ2) is 11.5. The molecule has 3 aromatic rings. The van der Waals surface area contributed by atoms with Gasteiger partial charge in [0.25, 0.3) is 5.79 Å². The van der Waals surface area contributed by atoms with Gasteiger partial charge in [0, 0.05) is 31.9 Å². The summed E-state index contributed by atoms with van der Waals surface area (Å²) in [4.78, 5) is 11.6. The number of rotatable bonds is 6. The van der Waals surface area contributed by atoms with E-state index in [-0.39, 0.29) is 28.2 Å². The van der Waals surface area contributed by atoms with Gasteiger partial charge in [-0.25, -0.2) is 22.0 Å². The summed E-state index contributed by atoms with van der Waals surface area (Å²) in [6, 6.07) is 7.37. The van der Waals surface area contributed by atoms with E-state index in [4.69, 9.17) is 14.2 Å². The van der Waals surface area contributed by atoms with Gasteiger partial charge in [0.1, 0.15) is 29.1 Å². The molecule has 1 saturated carbocycles. The highest BCUT2D eigenvalue weighted by Gasteiger charge is 2.47. The van der Waals surface area contributed by atoms with E-state index in [0.29, 0.717) is 12.1 Å². The average molecular weight is 535 g/mol. The fourth-order valence-electron chi connectivity index (χ4n) is 4.74. The van der Waals surface area contributed by atoms with Crippen LogP contribution in [0.3, 0.4) is 0 Å². The van der Waals surface area contributed by atoms with E-state index in [0.717, 1.165) is 55.8 Å². The third kappa shape index (κ3) is 5.99. The highest BCUT2D eigenvalue weighted by Crippen LogP contribution is 2.47. The summed E-state index contributed by atoms with van der Waals surface area (Å²) in [6.45, 7) is 2.14. The van der Waals surface area contributed by atoms with Gasteiger partial charge in [-0.15, -0.1) is 0 Å². The number of hydrogen-bond acceptors (Lipinski definition) is 4. The minimum atomic E-state index is -2.04. The van der Waals surface area contributed by atoms with Crippen molar-refractivity contribution >= 4 is 5.78 Å². The van der Waals surface area contributed by atoms with Crippen LogP contribution in [-0.4, -0.2) is 19.5 Å². The Kier molecular flexibility index (Phi) is 8.35. The molecule has 0 saturated heterocycles. The number of Topliss-reactive ketones (excluding diaryl/α,β-unsaturated/α-hetero) is 1. The first-order valence-electron chi connectivity index (χ1n) is 12.2. The molecule has 38 heavy (non-hydrogen) atoms. The Morgan fingerprint density at radius 3 is 2.05 bits per heavy atom. The number of ether oxygens (including phenoxy) is 3. The zero-order chi connectivity index (χ0) is 27.4. The quantitative estimate of drug-likeness (QED) is 0.246. The van der Waals surface area contributed by atoms with E-state index >= 15 is 0 Å². The monoisotopic (exact) mass is 534 g/mol. The molecule has 1 atom stereocenters. The van der Waals surface area contributed by atoms with Gasteiger partial charge in [-0.2, -0.15) is 0 Å². The molecule has 202 valence electrons. The number of hydrogen-bond donors (Lipinski definition) is 0. The standard InChI is InChI=1S/C22H13F5O3.C7H14O/c1-11(28)15-8-20-21(9-18(15)26)30-22(29-20,16-5-4-14(24)7-19(16)27)10-12-2-3-13(23)6-17(12)25;1-8-6-7-4-2-3-5-7/h2-9H,10H2,1H3;7H,2-6H2,1H3. The van der Waals surface area contributed by atoms with Crippen LogP contribution in [0.15, 0.2) is 48.5 Å². The third-order valence-electron chi connectivity index (χ3n) is 6.62. The fourth-order valence-corrected chi connectivity index (χ4v) is 4.74. The Bertz CT molecular complexity index is 1320. The molecule has 1 aliphatic heterocycles. The van der Waals surface area contributed by atoms with E-state index in [9.17, 15) is 26.7 Å². The van der Waals surface area contributed by atoms with E-state index < -0.39 is 47.1 Å². The third-order valence-corrected chi connectivity index (χ3v) is 6.62. The summed E-state index contributed by atoms with van der Waals surface area (Å²) in [5.74, 6) is -6.49. The first kappa shape index (κ1) is 27.6. The summed E-state index contributed by atoms with van der Waals surface area (Å²) >= 11 is 0. The summed E-state index contributed by atoms with van der Waals surface area (Å²) in [6.07, 6.45) is 5.19. The molecule has 4 nitrogen and oxygen atoms in total. The molecule has 0 radical (unpaired) electrons. The van der Waals surface area contributed by atoms with Gasteiger partial charge in [-0.05, 0) is 55.5 Å².